The van der Waals surface area contributed by atoms with Crippen molar-refractivity contribution in [2.45, 2.75) is 26.4 Å². The van der Waals surface area contributed by atoms with Crippen molar-refractivity contribution in [1.29, 1.82) is 5.26 Å². The van der Waals surface area contributed by atoms with Gasteiger partial charge < -0.3 is 5.32 Å². The Bertz CT molecular complexity index is 1010. The van der Waals surface area contributed by atoms with Crippen LogP contribution in [0.25, 0.3) is 10.9 Å². The Hall–Kier alpha value is -2.36. The van der Waals surface area contributed by atoms with E-state index in [0.717, 1.165) is 26.5 Å². The maximum absolute atomic E-state index is 12.7. The molecule has 3 aromatic rings. The van der Waals surface area contributed by atoms with Crippen molar-refractivity contribution >= 4 is 44.3 Å². The normalized spacial score (nSPS) is 10.7. The molecular formula is C19H16BrClN4O. The lowest BCUT2D eigenvalue weighted by Gasteiger charge is -2.04. The summed E-state index contributed by atoms with van der Waals surface area (Å²) < 4.78 is 2.62. The zero-order valence-corrected chi connectivity index (χ0v) is 16.4. The first-order valence-corrected chi connectivity index (χ1v) is 9.23. The van der Waals surface area contributed by atoms with Crippen LogP contribution in [0, 0.1) is 18.3 Å². The van der Waals surface area contributed by atoms with E-state index in [-0.39, 0.29) is 5.91 Å². The van der Waals surface area contributed by atoms with Crippen LogP contribution < -0.4 is 5.32 Å². The van der Waals surface area contributed by atoms with Crippen molar-refractivity contribution in [3.05, 3.63) is 62.7 Å². The van der Waals surface area contributed by atoms with Gasteiger partial charge in [0.1, 0.15) is 0 Å². The third-order valence-electron chi connectivity index (χ3n) is 4.02. The van der Waals surface area contributed by atoms with E-state index in [1.165, 1.54) is 0 Å². The van der Waals surface area contributed by atoms with Crippen LogP contribution in [-0.2, 0) is 13.1 Å². The fourth-order valence-corrected chi connectivity index (χ4v) is 3.54. The third kappa shape index (κ3) is 3.90. The summed E-state index contributed by atoms with van der Waals surface area (Å²) in [5.74, 6) is -0.252. The van der Waals surface area contributed by atoms with Gasteiger partial charge in [0.15, 0.2) is 5.69 Å². The second-order valence-electron chi connectivity index (χ2n) is 5.91. The van der Waals surface area contributed by atoms with Gasteiger partial charge in [-0.3, -0.25) is 9.48 Å². The number of hydrogen-bond acceptors (Lipinski definition) is 3. The van der Waals surface area contributed by atoms with E-state index in [0.29, 0.717) is 30.2 Å². The first-order chi connectivity index (χ1) is 12.5. The zero-order valence-electron chi connectivity index (χ0n) is 14.1. The molecule has 7 heteroatoms. The third-order valence-corrected chi connectivity index (χ3v) is 4.73. The van der Waals surface area contributed by atoms with Gasteiger partial charge in [0, 0.05) is 21.4 Å². The molecule has 1 aromatic heterocycles. The number of nitrogens with one attached hydrogen (secondary N) is 1. The first kappa shape index (κ1) is 18.4. The molecule has 5 nitrogen and oxygen atoms in total. The number of aryl methyl sites for hydroxylation is 2. The quantitative estimate of drug-likeness (QED) is 0.641. The number of carbonyl (C=O) groups excluding carboxylic acids is 1. The van der Waals surface area contributed by atoms with E-state index in [9.17, 15) is 4.79 Å². The highest BCUT2D eigenvalue weighted by molar-refractivity contribution is 9.10. The van der Waals surface area contributed by atoms with Gasteiger partial charge in [0.25, 0.3) is 5.91 Å². The number of nitrogens with zero attached hydrogens (tertiary/aromatic N) is 3. The maximum Gasteiger partial charge on any atom is 0.272 e. The van der Waals surface area contributed by atoms with Gasteiger partial charge in [-0.2, -0.15) is 10.4 Å². The minimum Gasteiger partial charge on any atom is -0.347 e. The smallest absolute Gasteiger partial charge is 0.272 e. The van der Waals surface area contributed by atoms with E-state index in [2.05, 4.69) is 32.4 Å². The van der Waals surface area contributed by atoms with Gasteiger partial charge >= 0.3 is 0 Å². The van der Waals surface area contributed by atoms with Crippen LogP contribution in [0.15, 0.2) is 40.9 Å². The SMILES string of the molecule is Cc1cc(Br)cc2c(C(=O)NCc3ccc(Cl)cc3)nn(CCC#N)c12. The van der Waals surface area contributed by atoms with Crippen molar-refractivity contribution in [1.82, 2.24) is 15.1 Å². The predicted octanol–water partition coefficient (Wildman–Crippen LogP) is 4.60. The number of amides is 1. The summed E-state index contributed by atoms with van der Waals surface area (Å²) in [6, 6.07) is 13.3. The van der Waals surface area contributed by atoms with Gasteiger partial charge in [-0.15, -0.1) is 0 Å². The summed E-state index contributed by atoms with van der Waals surface area (Å²) in [7, 11) is 0. The average Bonchev–Trinajstić information content (AvgIpc) is 2.98. The second-order valence-corrected chi connectivity index (χ2v) is 7.26. The fraction of sp³-hybridized carbons (Fsp3) is 0.211. The highest BCUT2D eigenvalue weighted by Crippen LogP contribution is 2.27. The minimum atomic E-state index is -0.252. The molecular weight excluding hydrogens is 416 g/mol. The van der Waals surface area contributed by atoms with Crippen LogP contribution >= 0.6 is 27.5 Å². The van der Waals surface area contributed by atoms with Crippen LogP contribution in [-0.4, -0.2) is 15.7 Å². The van der Waals surface area contributed by atoms with Crippen molar-refractivity contribution < 1.29 is 4.79 Å². The van der Waals surface area contributed by atoms with Crippen LogP contribution in [0.2, 0.25) is 5.02 Å². The number of nitriles is 1. The molecule has 2 aromatic carbocycles. The average molecular weight is 432 g/mol. The molecule has 0 fully saturated rings. The molecule has 0 aliphatic rings. The number of benzene rings is 2. The highest BCUT2D eigenvalue weighted by Gasteiger charge is 2.19. The number of rotatable bonds is 5. The molecule has 0 aliphatic carbocycles. The molecule has 0 radical (unpaired) electrons. The van der Waals surface area contributed by atoms with Crippen molar-refractivity contribution in [2.24, 2.45) is 0 Å². The van der Waals surface area contributed by atoms with Gasteiger partial charge in [-0.25, -0.2) is 0 Å². The molecule has 0 bridgehead atoms. The molecule has 0 saturated heterocycles. The topological polar surface area (TPSA) is 70.7 Å². The Labute approximate surface area is 164 Å². The van der Waals surface area contributed by atoms with Crippen LogP contribution in [0.4, 0.5) is 0 Å². The lowest BCUT2D eigenvalue weighted by molar-refractivity contribution is 0.0946. The number of halogens is 2. The summed E-state index contributed by atoms with van der Waals surface area (Å²) in [6.07, 6.45) is 0.331. The van der Waals surface area contributed by atoms with Gasteiger partial charge in [-0.1, -0.05) is 39.7 Å². The highest BCUT2D eigenvalue weighted by atomic mass is 79.9. The maximum atomic E-state index is 12.7. The number of aromatic nitrogens is 2. The molecule has 1 amide bonds. The van der Waals surface area contributed by atoms with Gasteiger partial charge in [-0.05, 0) is 42.3 Å². The Morgan fingerprint density at radius 2 is 2.08 bits per heavy atom. The molecule has 26 heavy (non-hydrogen) atoms. The minimum absolute atomic E-state index is 0.252. The summed E-state index contributed by atoms with van der Waals surface area (Å²) in [4.78, 5) is 12.7. The molecule has 132 valence electrons. The molecule has 0 unspecified atom stereocenters. The molecule has 0 aliphatic heterocycles. The largest absolute Gasteiger partial charge is 0.347 e. The predicted molar refractivity (Wildman–Crippen MR) is 105 cm³/mol. The number of carbonyl (C=O) groups is 1. The Morgan fingerprint density at radius 1 is 1.35 bits per heavy atom. The molecule has 0 atom stereocenters. The fourth-order valence-electron chi connectivity index (χ4n) is 2.84. The Balaban J connectivity index is 1.91. The number of fused-ring (bicyclic) bond motifs is 1. The van der Waals surface area contributed by atoms with E-state index < -0.39 is 0 Å². The summed E-state index contributed by atoms with van der Waals surface area (Å²) in [5.41, 5.74) is 3.18. The van der Waals surface area contributed by atoms with Gasteiger partial charge in [0.05, 0.1) is 24.6 Å². The van der Waals surface area contributed by atoms with Crippen molar-refractivity contribution in [2.75, 3.05) is 0 Å². The van der Waals surface area contributed by atoms with E-state index in [1.807, 2.05) is 31.2 Å². The van der Waals surface area contributed by atoms with Crippen LogP contribution in [0.1, 0.15) is 28.0 Å². The first-order valence-electron chi connectivity index (χ1n) is 8.06. The molecule has 3 rings (SSSR count). The molecule has 0 saturated carbocycles. The van der Waals surface area contributed by atoms with Crippen LogP contribution in [0.3, 0.4) is 0 Å². The molecule has 0 spiro atoms. The Kier molecular flexibility index (Phi) is 5.60. The summed E-state index contributed by atoms with van der Waals surface area (Å²) in [6.45, 7) is 2.79. The van der Waals surface area contributed by atoms with E-state index >= 15 is 0 Å². The standard InChI is InChI=1S/C19H16BrClN4O/c1-12-9-14(20)10-16-17(24-25(18(12)16)8-2-7-22)19(26)23-11-13-3-5-15(21)6-4-13/h3-6,9-10H,2,8,11H2,1H3,(H,23,26). The lowest BCUT2D eigenvalue weighted by atomic mass is 10.1. The van der Waals surface area contributed by atoms with E-state index in [1.54, 1.807) is 16.8 Å². The van der Waals surface area contributed by atoms with Crippen LogP contribution in [0.5, 0.6) is 0 Å². The summed E-state index contributed by atoms with van der Waals surface area (Å²) in [5, 5.41) is 17.7. The molecule has 1 N–H and O–H groups in total. The van der Waals surface area contributed by atoms with Crippen molar-refractivity contribution in [3.63, 3.8) is 0 Å². The monoisotopic (exact) mass is 430 g/mol. The lowest BCUT2D eigenvalue weighted by Crippen LogP contribution is -2.23. The zero-order chi connectivity index (χ0) is 18.7. The van der Waals surface area contributed by atoms with Gasteiger partial charge in [0.2, 0.25) is 0 Å². The Morgan fingerprint density at radius 3 is 2.77 bits per heavy atom. The number of hydrogen-bond donors (Lipinski definition) is 1. The van der Waals surface area contributed by atoms with E-state index in [4.69, 9.17) is 16.9 Å². The summed E-state index contributed by atoms with van der Waals surface area (Å²) >= 11 is 9.36. The second kappa shape index (κ2) is 7.90. The van der Waals surface area contributed by atoms with Crippen molar-refractivity contribution in [3.8, 4) is 6.07 Å². The molecule has 1 heterocycles.